The van der Waals surface area contributed by atoms with E-state index in [0.717, 1.165) is 5.56 Å². The molecule has 0 fully saturated rings. The molecular weight excluding hydrogens is 208 g/mol. The van der Waals surface area contributed by atoms with Gasteiger partial charge >= 0.3 is 0 Å². The number of hydrogen-bond donors (Lipinski definition) is 0. The van der Waals surface area contributed by atoms with Crippen LogP contribution in [0, 0.1) is 22.7 Å². The van der Waals surface area contributed by atoms with Crippen molar-refractivity contribution in [1.82, 2.24) is 0 Å². The molecule has 1 aromatic carbocycles. The van der Waals surface area contributed by atoms with Crippen LogP contribution in [0.25, 0.3) is 6.08 Å². The van der Waals surface area contributed by atoms with Gasteiger partial charge in [0.15, 0.2) is 0 Å². The van der Waals surface area contributed by atoms with Crippen molar-refractivity contribution in [2.45, 2.75) is 6.92 Å². The minimum absolute atomic E-state index is 0.560. The molecule has 0 atom stereocenters. The van der Waals surface area contributed by atoms with Gasteiger partial charge in [0.05, 0.1) is 12.1 Å². The van der Waals surface area contributed by atoms with Crippen LogP contribution in [-0.2, 0) is 0 Å². The van der Waals surface area contributed by atoms with Gasteiger partial charge in [-0.3, -0.25) is 0 Å². The van der Waals surface area contributed by atoms with Crippen LogP contribution in [0.4, 0.5) is 0 Å². The molecule has 0 aliphatic heterocycles. The molecule has 0 bridgehead atoms. The summed E-state index contributed by atoms with van der Waals surface area (Å²) in [5.74, 6) is 0. The Morgan fingerprint density at radius 2 is 1.76 bits per heavy atom. The SMILES string of the molecule is C=C(C)C#N.N#CC=CC=Cc1ccccc1. The minimum Gasteiger partial charge on any atom is -0.193 e. The van der Waals surface area contributed by atoms with Crippen LogP contribution in [0.3, 0.4) is 0 Å². The van der Waals surface area contributed by atoms with Gasteiger partial charge in [0.1, 0.15) is 0 Å². The molecule has 0 aliphatic rings. The fourth-order valence-corrected chi connectivity index (χ4v) is 0.829. The van der Waals surface area contributed by atoms with Gasteiger partial charge in [0.25, 0.3) is 0 Å². The average molecular weight is 222 g/mol. The Kier molecular flexibility index (Phi) is 8.44. The lowest BCUT2D eigenvalue weighted by atomic mass is 10.2. The van der Waals surface area contributed by atoms with Crippen molar-refractivity contribution in [3.8, 4) is 12.1 Å². The van der Waals surface area contributed by atoms with Gasteiger partial charge in [-0.05, 0) is 12.5 Å². The van der Waals surface area contributed by atoms with E-state index in [-0.39, 0.29) is 0 Å². The Balaban J connectivity index is 0.000000437. The zero-order valence-electron chi connectivity index (χ0n) is 9.80. The number of benzene rings is 1. The molecule has 0 heterocycles. The van der Waals surface area contributed by atoms with Crippen LogP contribution in [0.2, 0.25) is 0 Å². The largest absolute Gasteiger partial charge is 0.193 e. The van der Waals surface area contributed by atoms with E-state index in [0.29, 0.717) is 5.57 Å². The number of hydrogen-bond acceptors (Lipinski definition) is 2. The molecule has 1 rings (SSSR count). The predicted octanol–water partition coefficient (Wildman–Crippen LogP) is 3.87. The first-order valence-electron chi connectivity index (χ1n) is 5.04. The summed E-state index contributed by atoms with van der Waals surface area (Å²) in [4.78, 5) is 0. The number of nitriles is 2. The third-order valence-corrected chi connectivity index (χ3v) is 1.56. The van der Waals surface area contributed by atoms with E-state index < -0.39 is 0 Å². The highest BCUT2D eigenvalue weighted by atomic mass is 14.2. The third kappa shape index (κ3) is 9.72. The fraction of sp³-hybridized carbons (Fsp3) is 0.0667. The number of nitrogens with zero attached hydrogens (tertiary/aromatic N) is 2. The molecule has 84 valence electrons. The Labute approximate surface area is 102 Å². The van der Waals surface area contributed by atoms with E-state index in [1.54, 1.807) is 13.0 Å². The summed E-state index contributed by atoms with van der Waals surface area (Å²) in [5.41, 5.74) is 1.70. The van der Waals surface area contributed by atoms with Gasteiger partial charge in [-0.25, -0.2) is 0 Å². The molecular formula is C15H14N2. The van der Waals surface area contributed by atoms with Crippen molar-refractivity contribution in [3.63, 3.8) is 0 Å². The number of allylic oxidation sites excluding steroid dienone is 4. The van der Waals surface area contributed by atoms with E-state index in [1.807, 2.05) is 54.6 Å². The smallest absolute Gasteiger partial charge is 0.0937 e. The second-order valence-corrected chi connectivity index (χ2v) is 3.15. The second kappa shape index (κ2) is 9.96. The Bertz CT molecular complexity index is 468. The van der Waals surface area contributed by atoms with Crippen LogP contribution in [-0.4, -0.2) is 0 Å². The molecule has 0 aromatic heterocycles. The topological polar surface area (TPSA) is 47.6 Å². The highest BCUT2D eigenvalue weighted by Crippen LogP contribution is 2.00. The fourth-order valence-electron chi connectivity index (χ4n) is 0.829. The van der Waals surface area contributed by atoms with E-state index in [4.69, 9.17) is 10.5 Å². The lowest BCUT2D eigenvalue weighted by molar-refractivity contribution is 1.46. The minimum atomic E-state index is 0.560. The van der Waals surface area contributed by atoms with Gasteiger partial charge in [-0.1, -0.05) is 55.1 Å². The predicted molar refractivity (Wildman–Crippen MR) is 70.7 cm³/mol. The highest BCUT2D eigenvalue weighted by molar-refractivity contribution is 5.50. The standard InChI is InChI=1S/C11H9N.C4H5N/c12-10-6-2-5-9-11-7-3-1-4-8-11;1-4(2)3-5/h1-9H;1H2,2H3. The van der Waals surface area contributed by atoms with E-state index >= 15 is 0 Å². The summed E-state index contributed by atoms with van der Waals surface area (Å²) in [6, 6.07) is 13.7. The van der Waals surface area contributed by atoms with Crippen molar-refractivity contribution < 1.29 is 0 Å². The van der Waals surface area contributed by atoms with Gasteiger partial charge in [-0.15, -0.1) is 0 Å². The van der Waals surface area contributed by atoms with Gasteiger partial charge in [0.2, 0.25) is 0 Å². The lowest BCUT2D eigenvalue weighted by Gasteiger charge is -1.87. The second-order valence-electron chi connectivity index (χ2n) is 3.15. The molecule has 0 unspecified atom stereocenters. The highest BCUT2D eigenvalue weighted by Gasteiger charge is 1.78. The zero-order valence-corrected chi connectivity index (χ0v) is 9.80. The van der Waals surface area contributed by atoms with Crippen LogP contribution < -0.4 is 0 Å². The van der Waals surface area contributed by atoms with Crippen molar-refractivity contribution in [2.24, 2.45) is 0 Å². The molecule has 2 heteroatoms. The molecule has 0 saturated heterocycles. The molecule has 0 aliphatic carbocycles. The van der Waals surface area contributed by atoms with Crippen molar-refractivity contribution in [1.29, 1.82) is 10.5 Å². The quantitative estimate of drug-likeness (QED) is 0.563. The summed E-state index contributed by atoms with van der Waals surface area (Å²) < 4.78 is 0. The third-order valence-electron chi connectivity index (χ3n) is 1.56. The number of rotatable bonds is 2. The molecule has 0 radical (unpaired) electrons. The maximum atomic E-state index is 8.19. The Morgan fingerprint density at radius 3 is 2.24 bits per heavy atom. The molecule has 0 N–H and O–H groups in total. The van der Waals surface area contributed by atoms with Crippen LogP contribution >= 0.6 is 0 Å². The molecule has 17 heavy (non-hydrogen) atoms. The molecule has 1 aromatic rings. The van der Waals surface area contributed by atoms with Crippen molar-refractivity contribution in [3.05, 3.63) is 66.3 Å². The molecule has 0 amide bonds. The Hall–Kier alpha value is -2.58. The van der Waals surface area contributed by atoms with Gasteiger partial charge in [-0.2, -0.15) is 10.5 Å². The zero-order chi connectivity index (χ0) is 12.9. The van der Waals surface area contributed by atoms with Crippen molar-refractivity contribution >= 4 is 6.08 Å². The normalized spacial score (nSPS) is 9.12. The van der Waals surface area contributed by atoms with E-state index in [9.17, 15) is 0 Å². The monoisotopic (exact) mass is 222 g/mol. The van der Waals surface area contributed by atoms with Gasteiger partial charge < -0.3 is 0 Å². The molecule has 0 spiro atoms. The molecule has 2 nitrogen and oxygen atoms in total. The molecule has 0 saturated carbocycles. The Morgan fingerprint density at radius 1 is 1.18 bits per heavy atom. The average Bonchev–Trinajstić information content (AvgIpc) is 2.37. The van der Waals surface area contributed by atoms with Gasteiger partial charge in [0, 0.05) is 11.6 Å². The van der Waals surface area contributed by atoms with E-state index in [1.165, 1.54) is 6.08 Å². The van der Waals surface area contributed by atoms with Crippen LogP contribution in [0.5, 0.6) is 0 Å². The van der Waals surface area contributed by atoms with Crippen LogP contribution in [0.1, 0.15) is 12.5 Å². The van der Waals surface area contributed by atoms with Crippen molar-refractivity contribution in [2.75, 3.05) is 0 Å². The summed E-state index contributed by atoms with van der Waals surface area (Å²) in [5, 5.41) is 16.0. The maximum Gasteiger partial charge on any atom is 0.0937 e. The summed E-state index contributed by atoms with van der Waals surface area (Å²) >= 11 is 0. The first-order valence-corrected chi connectivity index (χ1v) is 5.04. The first kappa shape index (κ1) is 14.4. The van der Waals surface area contributed by atoms with E-state index in [2.05, 4.69) is 6.58 Å². The lowest BCUT2D eigenvalue weighted by Crippen LogP contribution is -1.66. The summed E-state index contributed by atoms with van der Waals surface area (Å²) in [6.07, 6.45) is 6.96. The summed E-state index contributed by atoms with van der Waals surface area (Å²) in [6.45, 7) is 4.98. The maximum absolute atomic E-state index is 8.19. The summed E-state index contributed by atoms with van der Waals surface area (Å²) in [7, 11) is 0. The van der Waals surface area contributed by atoms with Crippen LogP contribution in [0.15, 0.2) is 60.7 Å². The first-order chi connectivity index (χ1) is 8.20.